The lowest BCUT2D eigenvalue weighted by Gasteiger charge is -2.26. The highest BCUT2D eigenvalue weighted by atomic mass is 35.5. The molecule has 2 aromatic rings. The normalized spacial score (nSPS) is 12.4. The lowest BCUT2D eigenvalue weighted by Crippen LogP contribution is -2.40. The van der Waals surface area contributed by atoms with Crippen LogP contribution in [-0.2, 0) is 9.53 Å². The van der Waals surface area contributed by atoms with E-state index in [-0.39, 0.29) is 5.97 Å². The van der Waals surface area contributed by atoms with Crippen molar-refractivity contribution >= 4 is 28.5 Å². The van der Waals surface area contributed by atoms with Gasteiger partial charge in [0, 0.05) is 23.5 Å². The van der Waals surface area contributed by atoms with E-state index in [2.05, 4.69) is 36.2 Å². The molecule has 0 fully saturated rings. The number of ether oxygens (including phenoxy) is 1. The average molecular weight is 353 g/mol. The van der Waals surface area contributed by atoms with Gasteiger partial charge < -0.3 is 4.74 Å². The van der Waals surface area contributed by atoms with Crippen LogP contribution in [0.3, 0.4) is 0 Å². The molecule has 0 radical (unpaired) electrons. The molecule has 1 unspecified atom stereocenters. The summed E-state index contributed by atoms with van der Waals surface area (Å²) in [5, 5.41) is 11.5. The first-order valence-electron chi connectivity index (χ1n) is 8.31. The minimum Gasteiger partial charge on any atom is -0.468 e. The van der Waals surface area contributed by atoms with Crippen molar-refractivity contribution in [3.8, 4) is 0 Å². The number of rotatable bonds is 8. The van der Waals surface area contributed by atoms with Crippen molar-refractivity contribution in [2.45, 2.75) is 33.2 Å². The number of aromatic nitrogens is 2. The quantitative estimate of drug-likeness (QED) is 0.740. The van der Waals surface area contributed by atoms with Gasteiger partial charge in [-0.05, 0) is 45.0 Å². The summed E-state index contributed by atoms with van der Waals surface area (Å²) in [6.45, 7) is 8.40. The first-order valence-corrected chi connectivity index (χ1v) is 8.69. The third-order valence-corrected chi connectivity index (χ3v) is 4.19. The van der Waals surface area contributed by atoms with Crippen molar-refractivity contribution in [1.82, 2.24) is 15.2 Å². The third kappa shape index (κ3) is 3.65. The van der Waals surface area contributed by atoms with E-state index < -0.39 is 6.04 Å². The van der Waals surface area contributed by atoms with Gasteiger partial charge in [-0.1, -0.05) is 18.5 Å². The van der Waals surface area contributed by atoms with E-state index in [4.69, 9.17) is 16.3 Å². The zero-order valence-electron chi connectivity index (χ0n) is 14.7. The lowest BCUT2D eigenvalue weighted by atomic mass is 10.1. The van der Waals surface area contributed by atoms with Gasteiger partial charge in [-0.2, -0.15) is 9.89 Å². The maximum absolute atomic E-state index is 12.4. The molecule has 0 bridgehead atoms. The summed E-state index contributed by atoms with van der Waals surface area (Å²) in [5.74, 6) is -0.335. The third-order valence-electron chi connectivity index (χ3n) is 3.96. The Kier molecular flexibility index (Phi) is 6.45. The van der Waals surface area contributed by atoms with E-state index >= 15 is 0 Å². The Morgan fingerprint density at radius 1 is 1.38 bits per heavy atom. The van der Waals surface area contributed by atoms with Crippen LogP contribution in [0.15, 0.2) is 18.2 Å². The van der Waals surface area contributed by atoms with E-state index in [0.29, 0.717) is 11.6 Å². The van der Waals surface area contributed by atoms with E-state index in [0.717, 1.165) is 36.1 Å². The molecule has 0 amide bonds. The zero-order chi connectivity index (χ0) is 17.7. The Morgan fingerprint density at radius 2 is 2.08 bits per heavy atom. The van der Waals surface area contributed by atoms with Crippen molar-refractivity contribution < 1.29 is 9.53 Å². The molecule has 132 valence electrons. The minimum absolute atomic E-state index is 0.335. The molecule has 24 heavy (non-hydrogen) atoms. The number of hydrogen-bond acceptors (Lipinski definition) is 5. The second-order valence-electron chi connectivity index (χ2n) is 5.49. The number of nitrogens with one attached hydrogen (secondary N) is 1. The van der Waals surface area contributed by atoms with Gasteiger partial charge in [0.05, 0.1) is 18.3 Å². The Labute approximate surface area is 147 Å². The second-order valence-corrected chi connectivity index (χ2v) is 5.92. The molecule has 1 aromatic carbocycles. The SMILES string of the molecule is CCCNC(C(=O)OC)c1c2cc(Cl)ccc2nn1N(CC)CC. The Morgan fingerprint density at radius 3 is 2.67 bits per heavy atom. The molecular formula is C17H25ClN4O2. The largest absolute Gasteiger partial charge is 0.468 e. The Hall–Kier alpha value is -1.79. The summed E-state index contributed by atoms with van der Waals surface area (Å²) in [6.07, 6.45) is 0.908. The number of halogens is 1. The molecule has 0 spiro atoms. The fraction of sp³-hybridized carbons (Fsp3) is 0.529. The highest BCUT2D eigenvalue weighted by molar-refractivity contribution is 6.31. The Bertz CT molecular complexity index is 697. The van der Waals surface area contributed by atoms with Crippen molar-refractivity contribution in [1.29, 1.82) is 0 Å². The van der Waals surface area contributed by atoms with E-state index in [1.54, 1.807) is 6.07 Å². The zero-order valence-corrected chi connectivity index (χ0v) is 15.4. The van der Waals surface area contributed by atoms with Gasteiger partial charge in [-0.3, -0.25) is 10.3 Å². The van der Waals surface area contributed by atoms with Gasteiger partial charge >= 0.3 is 5.97 Å². The van der Waals surface area contributed by atoms with Crippen LogP contribution in [-0.4, -0.2) is 42.6 Å². The van der Waals surface area contributed by atoms with Gasteiger partial charge in [-0.25, -0.2) is 4.79 Å². The number of benzene rings is 1. The number of methoxy groups -OCH3 is 1. The topological polar surface area (TPSA) is 59.4 Å². The van der Waals surface area contributed by atoms with Gasteiger partial charge in [0.2, 0.25) is 0 Å². The molecule has 1 heterocycles. The van der Waals surface area contributed by atoms with Crippen molar-refractivity contribution in [2.24, 2.45) is 0 Å². The van der Waals surface area contributed by atoms with Crippen LogP contribution in [0.1, 0.15) is 38.9 Å². The molecule has 0 aliphatic carbocycles. The highest BCUT2D eigenvalue weighted by Gasteiger charge is 2.29. The van der Waals surface area contributed by atoms with Crippen LogP contribution in [0.5, 0.6) is 0 Å². The molecular weight excluding hydrogens is 328 g/mol. The Balaban J connectivity index is 2.67. The predicted octanol–water partition coefficient (Wildman–Crippen LogP) is 2.88. The summed E-state index contributed by atoms with van der Waals surface area (Å²) in [5.41, 5.74) is 1.56. The van der Waals surface area contributed by atoms with Gasteiger partial charge in [0.25, 0.3) is 0 Å². The lowest BCUT2D eigenvalue weighted by molar-refractivity contribution is -0.143. The van der Waals surface area contributed by atoms with Crippen molar-refractivity contribution in [3.05, 3.63) is 28.9 Å². The van der Waals surface area contributed by atoms with Gasteiger partial charge in [0.15, 0.2) is 6.04 Å². The molecule has 0 saturated heterocycles. The number of carbonyl (C=O) groups is 1. The second kappa shape index (κ2) is 8.35. The van der Waals surface area contributed by atoms with Crippen molar-refractivity contribution in [2.75, 3.05) is 31.8 Å². The molecule has 6 nitrogen and oxygen atoms in total. The number of hydrogen-bond donors (Lipinski definition) is 1. The standard InChI is InChI=1S/C17H25ClN4O2/c1-5-10-19-15(17(23)24-4)16-13-11-12(18)8-9-14(13)20-22(16)21(6-2)7-3/h8-9,11,15,19H,5-7,10H2,1-4H3. The summed E-state index contributed by atoms with van der Waals surface area (Å²) in [7, 11) is 1.40. The molecule has 2 rings (SSSR count). The molecule has 1 N–H and O–H groups in total. The van der Waals surface area contributed by atoms with Crippen LogP contribution in [0.4, 0.5) is 0 Å². The first kappa shape index (κ1) is 18.5. The van der Waals surface area contributed by atoms with Crippen LogP contribution in [0, 0.1) is 0 Å². The smallest absolute Gasteiger partial charge is 0.329 e. The maximum Gasteiger partial charge on any atom is 0.329 e. The number of nitrogens with zero attached hydrogens (tertiary/aromatic N) is 3. The number of fused-ring (bicyclic) bond motifs is 1. The van der Waals surface area contributed by atoms with Crippen LogP contribution in [0.2, 0.25) is 5.02 Å². The fourth-order valence-electron chi connectivity index (χ4n) is 2.74. The summed E-state index contributed by atoms with van der Waals surface area (Å²) >= 11 is 6.18. The summed E-state index contributed by atoms with van der Waals surface area (Å²) in [4.78, 5) is 14.2. The summed E-state index contributed by atoms with van der Waals surface area (Å²) in [6, 6.07) is 4.93. The maximum atomic E-state index is 12.4. The predicted molar refractivity (Wildman–Crippen MR) is 97.1 cm³/mol. The van der Waals surface area contributed by atoms with Gasteiger partial charge in [-0.15, -0.1) is 0 Å². The molecule has 0 aliphatic heterocycles. The molecule has 1 atom stereocenters. The molecule has 0 aliphatic rings. The molecule has 1 aromatic heterocycles. The fourth-order valence-corrected chi connectivity index (χ4v) is 2.91. The summed E-state index contributed by atoms with van der Waals surface area (Å²) < 4.78 is 5.02. The molecule has 0 saturated carbocycles. The van der Waals surface area contributed by atoms with E-state index in [9.17, 15) is 4.79 Å². The monoisotopic (exact) mass is 352 g/mol. The first-order chi connectivity index (χ1) is 11.6. The van der Waals surface area contributed by atoms with E-state index in [1.807, 2.05) is 16.9 Å². The molecule has 7 heteroatoms. The van der Waals surface area contributed by atoms with Crippen molar-refractivity contribution in [3.63, 3.8) is 0 Å². The van der Waals surface area contributed by atoms with Crippen LogP contribution in [0.25, 0.3) is 10.9 Å². The number of esters is 1. The number of carbonyl (C=O) groups excluding carboxylic acids is 1. The van der Waals surface area contributed by atoms with Crippen LogP contribution < -0.4 is 10.3 Å². The van der Waals surface area contributed by atoms with Crippen LogP contribution >= 0.6 is 11.6 Å². The minimum atomic E-state index is -0.598. The van der Waals surface area contributed by atoms with Gasteiger partial charge in [0.1, 0.15) is 0 Å². The highest BCUT2D eigenvalue weighted by Crippen LogP contribution is 2.28. The van der Waals surface area contributed by atoms with E-state index in [1.165, 1.54) is 7.11 Å². The average Bonchev–Trinajstić information content (AvgIpc) is 2.94.